The predicted molar refractivity (Wildman–Crippen MR) is 151 cm³/mol. The summed E-state index contributed by atoms with van der Waals surface area (Å²) in [7, 11) is 0. The monoisotopic (exact) mass is 579 g/mol. The van der Waals surface area contributed by atoms with Gasteiger partial charge in [0.1, 0.15) is 18.7 Å². The van der Waals surface area contributed by atoms with Crippen molar-refractivity contribution >= 4 is 17.8 Å². The fourth-order valence-corrected chi connectivity index (χ4v) is 7.14. The standard InChI is InChI=1S/C33H38FNO7/c1-20-4-14-27-21(2)30(39-31-33(27)26(20)16-17-32(3,40-31)41-42-33)35-29(37)19-38-18-23-5-10-24(11-6-23)28(36)15-9-22-7-12-25(34)13-8-22/h5-13,15,20-21,26-27,30-31H,4,14,16-19H2,1-3H3,(H,35,37)/b15-9+/t20-,21-,26+,27+,30-,31-,32-,33-/m1/s1. The van der Waals surface area contributed by atoms with Crippen LogP contribution >= 0.6 is 0 Å². The number of fused-ring (bicyclic) bond motifs is 2. The van der Waals surface area contributed by atoms with Gasteiger partial charge in [-0.15, -0.1) is 0 Å². The van der Waals surface area contributed by atoms with E-state index in [4.69, 9.17) is 24.0 Å². The van der Waals surface area contributed by atoms with Crippen LogP contribution in [0.4, 0.5) is 4.39 Å². The predicted octanol–water partition coefficient (Wildman–Crippen LogP) is 5.56. The summed E-state index contributed by atoms with van der Waals surface area (Å²) in [4.78, 5) is 37.4. The summed E-state index contributed by atoms with van der Waals surface area (Å²) in [6.07, 6.45) is 5.68. The lowest BCUT2D eigenvalue weighted by Gasteiger charge is -2.60. The molecule has 1 spiro atoms. The third-order valence-corrected chi connectivity index (χ3v) is 9.50. The van der Waals surface area contributed by atoms with Gasteiger partial charge >= 0.3 is 0 Å². The van der Waals surface area contributed by atoms with Gasteiger partial charge in [0, 0.05) is 23.8 Å². The molecule has 2 aromatic carbocycles. The number of benzene rings is 2. The van der Waals surface area contributed by atoms with Crippen LogP contribution in [0, 0.1) is 29.5 Å². The van der Waals surface area contributed by atoms with E-state index in [2.05, 4.69) is 19.2 Å². The van der Waals surface area contributed by atoms with E-state index in [1.807, 2.05) is 6.92 Å². The third-order valence-electron chi connectivity index (χ3n) is 9.50. The molecule has 1 saturated carbocycles. The first kappa shape index (κ1) is 29.1. The summed E-state index contributed by atoms with van der Waals surface area (Å²) < 4.78 is 31.5. The van der Waals surface area contributed by atoms with E-state index in [1.54, 1.807) is 42.5 Å². The van der Waals surface area contributed by atoms with Gasteiger partial charge in [0.25, 0.3) is 0 Å². The maximum atomic E-state index is 13.1. The molecule has 8 atom stereocenters. The first-order chi connectivity index (χ1) is 20.2. The molecule has 1 amide bonds. The maximum absolute atomic E-state index is 13.1. The molecule has 9 heteroatoms. The smallest absolute Gasteiger partial charge is 0.248 e. The molecular weight excluding hydrogens is 541 g/mol. The summed E-state index contributed by atoms with van der Waals surface area (Å²) in [5.74, 6) is -0.771. The maximum Gasteiger partial charge on any atom is 0.248 e. The van der Waals surface area contributed by atoms with Gasteiger partial charge in [-0.3, -0.25) is 9.59 Å². The van der Waals surface area contributed by atoms with Crippen molar-refractivity contribution in [1.29, 1.82) is 0 Å². The number of hydrogen-bond acceptors (Lipinski definition) is 7. The Morgan fingerprint density at radius 3 is 2.55 bits per heavy atom. The molecule has 4 heterocycles. The van der Waals surface area contributed by atoms with Crippen molar-refractivity contribution in [2.75, 3.05) is 6.61 Å². The third kappa shape index (κ3) is 5.56. The number of hydrogen-bond donors (Lipinski definition) is 1. The normalized spacial score (nSPS) is 35.4. The number of halogens is 1. The molecule has 224 valence electrons. The van der Waals surface area contributed by atoms with Crippen LogP contribution in [-0.2, 0) is 35.4 Å². The van der Waals surface area contributed by atoms with Gasteiger partial charge in [-0.05, 0) is 67.4 Å². The highest BCUT2D eigenvalue weighted by molar-refractivity contribution is 6.06. The zero-order valence-electron chi connectivity index (χ0n) is 24.2. The first-order valence-corrected chi connectivity index (χ1v) is 14.8. The van der Waals surface area contributed by atoms with E-state index in [0.717, 1.165) is 36.8 Å². The van der Waals surface area contributed by atoms with Crippen LogP contribution in [0.5, 0.6) is 0 Å². The van der Waals surface area contributed by atoms with Crippen LogP contribution in [0.1, 0.15) is 67.9 Å². The van der Waals surface area contributed by atoms with Crippen LogP contribution in [-0.4, -0.2) is 42.2 Å². The summed E-state index contributed by atoms with van der Waals surface area (Å²) >= 11 is 0. The first-order valence-electron chi connectivity index (χ1n) is 14.8. The van der Waals surface area contributed by atoms with Crippen molar-refractivity contribution in [1.82, 2.24) is 5.32 Å². The molecule has 7 rings (SSSR count). The van der Waals surface area contributed by atoms with Crippen LogP contribution in [0.15, 0.2) is 54.6 Å². The Kier molecular flexibility index (Phi) is 8.06. The van der Waals surface area contributed by atoms with Crippen molar-refractivity contribution in [3.8, 4) is 0 Å². The Bertz CT molecular complexity index is 1330. The molecule has 4 aliphatic heterocycles. The van der Waals surface area contributed by atoms with Crippen molar-refractivity contribution in [3.63, 3.8) is 0 Å². The molecular formula is C33H38FNO7. The quantitative estimate of drug-likeness (QED) is 0.249. The average Bonchev–Trinajstić information content (AvgIpc) is 3.21. The van der Waals surface area contributed by atoms with Crippen LogP contribution in [0.3, 0.4) is 0 Å². The van der Waals surface area contributed by atoms with E-state index in [9.17, 15) is 14.0 Å². The summed E-state index contributed by atoms with van der Waals surface area (Å²) in [6, 6.07) is 12.9. The van der Waals surface area contributed by atoms with E-state index in [0.29, 0.717) is 11.5 Å². The second kappa shape index (κ2) is 11.6. The van der Waals surface area contributed by atoms with Gasteiger partial charge in [0.15, 0.2) is 17.7 Å². The molecule has 0 unspecified atom stereocenters. The highest BCUT2D eigenvalue weighted by atomic mass is 19.1. The van der Waals surface area contributed by atoms with Gasteiger partial charge in [0.05, 0.1) is 6.61 Å². The van der Waals surface area contributed by atoms with Crippen molar-refractivity contribution in [3.05, 3.63) is 77.1 Å². The number of amides is 1. The lowest BCUT2D eigenvalue weighted by molar-refractivity contribution is -0.571. The zero-order valence-corrected chi connectivity index (χ0v) is 24.2. The molecule has 8 nitrogen and oxygen atoms in total. The van der Waals surface area contributed by atoms with Crippen molar-refractivity contribution in [2.45, 2.75) is 77.0 Å². The molecule has 1 aliphatic carbocycles. The van der Waals surface area contributed by atoms with E-state index < -0.39 is 23.9 Å². The van der Waals surface area contributed by atoms with Gasteiger partial charge in [-0.1, -0.05) is 56.3 Å². The van der Waals surface area contributed by atoms with E-state index >= 15 is 0 Å². The number of ether oxygens (including phenoxy) is 3. The number of carbonyl (C=O) groups excluding carboxylic acids is 2. The van der Waals surface area contributed by atoms with E-state index in [-0.39, 0.29) is 48.5 Å². The van der Waals surface area contributed by atoms with Crippen molar-refractivity contribution in [2.24, 2.45) is 23.7 Å². The molecule has 5 fully saturated rings. The number of ketones is 1. The Morgan fingerprint density at radius 2 is 1.79 bits per heavy atom. The molecule has 5 aliphatic rings. The molecule has 42 heavy (non-hydrogen) atoms. The fraction of sp³-hybridized carbons (Fsp3) is 0.515. The highest BCUT2D eigenvalue weighted by Crippen LogP contribution is 2.60. The second-order valence-corrected chi connectivity index (χ2v) is 12.3. The molecule has 2 bridgehead atoms. The largest absolute Gasteiger partial charge is 0.367 e. The summed E-state index contributed by atoms with van der Waals surface area (Å²) in [6.45, 7) is 6.33. The van der Waals surface area contributed by atoms with Crippen LogP contribution < -0.4 is 5.32 Å². The Balaban J connectivity index is 1.02. The van der Waals surface area contributed by atoms with Gasteiger partial charge < -0.3 is 19.5 Å². The summed E-state index contributed by atoms with van der Waals surface area (Å²) in [5, 5.41) is 3.01. The zero-order chi connectivity index (χ0) is 29.5. The van der Waals surface area contributed by atoms with Crippen LogP contribution in [0.25, 0.3) is 6.08 Å². The second-order valence-electron chi connectivity index (χ2n) is 12.3. The highest BCUT2D eigenvalue weighted by Gasteiger charge is 2.69. The number of nitrogens with one attached hydrogen (secondary N) is 1. The van der Waals surface area contributed by atoms with Gasteiger partial charge in [0.2, 0.25) is 11.7 Å². The SMILES string of the molecule is C[C@H]1[C@H](NC(=O)COCc2ccc(C(=O)/C=C/c3ccc(F)cc3)cc2)O[C@@H]2O[C@@]3(C)CC[C@H]4[C@H](C)CC[C@@H]1[C@@]24OO3. The molecule has 0 aromatic heterocycles. The molecule has 0 radical (unpaired) electrons. The van der Waals surface area contributed by atoms with Crippen LogP contribution in [0.2, 0.25) is 0 Å². The average molecular weight is 580 g/mol. The molecule has 1 N–H and O–H groups in total. The Labute approximate surface area is 245 Å². The lowest BCUT2D eigenvalue weighted by atomic mass is 9.58. The number of carbonyl (C=O) groups is 2. The Hall–Kier alpha value is -2.95. The number of rotatable bonds is 8. The minimum Gasteiger partial charge on any atom is -0.367 e. The minimum absolute atomic E-state index is 0.00274. The molecule has 4 saturated heterocycles. The Morgan fingerprint density at radius 1 is 1.02 bits per heavy atom. The summed E-state index contributed by atoms with van der Waals surface area (Å²) in [5.41, 5.74) is 1.42. The molecule has 2 aromatic rings. The van der Waals surface area contributed by atoms with Gasteiger partial charge in [-0.2, -0.15) is 0 Å². The van der Waals surface area contributed by atoms with Gasteiger partial charge in [-0.25, -0.2) is 14.2 Å². The fourth-order valence-electron chi connectivity index (χ4n) is 7.14. The van der Waals surface area contributed by atoms with E-state index in [1.165, 1.54) is 18.2 Å². The van der Waals surface area contributed by atoms with Crippen molar-refractivity contribution < 1.29 is 38.0 Å². The minimum atomic E-state index is -0.866. The lowest BCUT2D eigenvalue weighted by Crippen LogP contribution is -2.72. The number of allylic oxidation sites excluding steroid dienone is 1. The topological polar surface area (TPSA) is 92.3 Å².